The van der Waals surface area contributed by atoms with Gasteiger partial charge in [0.25, 0.3) is 0 Å². The van der Waals surface area contributed by atoms with Crippen molar-refractivity contribution in [2.45, 2.75) is 45.6 Å². The summed E-state index contributed by atoms with van der Waals surface area (Å²) in [4.78, 5) is 27.1. The zero-order chi connectivity index (χ0) is 22.4. The molecule has 0 radical (unpaired) electrons. The van der Waals surface area contributed by atoms with Crippen LogP contribution < -0.4 is 10.6 Å². The predicted octanol–water partition coefficient (Wildman–Crippen LogP) is 4.04. The number of aromatic hydroxyl groups is 1. The van der Waals surface area contributed by atoms with Crippen molar-refractivity contribution in [3.05, 3.63) is 59.7 Å². The Morgan fingerprint density at radius 1 is 1.00 bits per heavy atom. The minimum atomic E-state index is -0.114. The fraction of sp³-hybridized carbons (Fsp3) is 0.440. The van der Waals surface area contributed by atoms with Crippen LogP contribution in [0.4, 0.5) is 5.69 Å². The highest BCUT2D eigenvalue weighted by atomic mass is 16.3. The van der Waals surface area contributed by atoms with Gasteiger partial charge in [-0.15, -0.1) is 0 Å². The molecule has 2 aromatic carbocycles. The summed E-state index contributed by atoms with van der Waals surface area (Å²) < 4.78 is 0. The number of piperidine rings is 1. The third-order valence-corrected chi connectivity index (χ3v) is 5.97. The van der Waals surface area contributed by atoms with Crippen molar-refractivity contribution >= 4 is 17.5 Å². The molecule has 3 rings (SSSR count). The van der Waals surface area contributed by atoms with E-state index in [0.29, 0.717) is 44.1 Å². The molecule has 1 heterocycles. The van der Waals surface area contributed by atoms with Crippen molar-refractivity contribution in [2.75, 3.05) is 25.0 Å². The Hall–Kier alpha value is -2.86. The Bertz CT molecular complexity index is 887. The first-order valence-electron chi connectivity index (χ1n) is 11.0. The van der Waals surface area contributed by atoms with Crippen molar-refractivity contribution < 1.29 is 14.7 Å². The second kappa shape index (κ2) is 10.4. The molecule has 1 aliphatic rings. The molecule has 3 N–H and O–H groups in total. The minimum absolute atomic E-state index is 0.00227. The van der Waals surface area contributed by atoms with E-state index in [1.807, 2.05) is 6.92 Å². The van der Waals surface area contributed by atoms with Gasteiger partial charge >= 0.3 is 0 Å². The van der Waals surface area contributed by atoms with Gasteiger partial charge in [-0.2, -0.15) is 0 Å². The largest absolute Gasteiger partial charge is 0.506 e. The zero-order valence-corrected chi connectivity index (χ0v) is 18.6. The molecular weight excluding hydrogens is 390 g/mol. The van der Waals surface area contributed by atoms with E-state index in [0.717, 1.165) is 5.56 Å². The molecule has 0 bridgehead atoms. The zero-order valence-electron chi connectivity index (χ0n) is 18.6. The van der Waals surface area contributed by atoms with E-state index in [4.69, 9.17) is 0 Å². The number of likely N-dealkylation sites (tertiary alicyclic amines) is 1. The van der Waals surface area contributed by atoms with Gasteiger partial charge in [0, 0.05) is 5.92 Å². The highest BCUT2D eigenvalue weighted by molar-refractivity contribution is 5.93. The van der Waals surface area contributed by atoms with Gasteiger partial charge in [-0.25, -0.2) is 0 Å². The summed E-state index contributed by atoms with van der Waals surface area (Å²) in [6.07, 6.45) is 1.39. The molecular formula is C25H33N3O3. The smallest absolute Gasteiger partial charge is 0.234 e. The average Bonchev–Trinajstić information content (AvgIpc) is 2.75. The molecule has 31 heavy (non-hydrogen) atoms. The van der Waals surface area contributed by atoms with E-state index in [1.165, 1.54) is 5.56 Å². The first-order chi connectivity index (χ1) is 14.8. The fourth-order valence-corrected chi connectivity index (χ4v) is 3.91. The molecule has 0 aromatic heterocycles. The SMILES string of the molecule is CC(C)c1ccc(C(C)NC(=O)CN2CCC(C(=O)Nc3ccccc3O)CC2)cc1. The maximum atomic E-state index is 12.5. The van der Waals surface area contributed by atoms with Gasteiger partial charge in [0.15, 0.2) is 0 Å². The summed E-state index contributed by atoms with van der Waals surface area (Å²) in [7, 11) is 0. The highest BCUT2D eigenvalue weighted by Gasteiger charge is 2.26. The monoisotopic (exact) mass is 423 g/mol. The summed E-state index contributed by atoms with van der Waals surface area (Å²) in [6, 6.07) is 15.1. The number of rotatable bonds is 7. The standard InChI is InChI=1S/C25H33N3O3/c1-17(2)19-8-10-20(11-9-19)18(3)26-24(30)16-28-14-12-21(13-15-28)25(31)27-22-6-4-5-7-23(22)29/h4-11,17-18,21,29H,12-16H2,1-3H3,(H,26,30)(H,27,31). The lowest BCUT2D eigenvalue weighted by molar-refractivity contribution is -0.124. The van der Waals surface area contributed by atoms with E-state index >= 15 is 0 Å². The van der Waals surface area contributed by atoms with E-state index in [1.54, 1.807) is 24.3 Å². The van der Waals surface area contributed by atoms with Crippen LogP contribution in [-0.4, -0.2) is 41.5 Å². The van der Waals surface area contributed by atoms with Crippen molar-refractivity contribution in [1.82, 2.24) is 10.2 Å². The number of carbonyl (C=O) groups is 2. The number of nitrogens with one attached hydrogen (secondary N) is 2. The number of carbonyl (C=O) groups excluding carboxylic acids is 2. The number of hydrogen-bond acceptors (Lipinski definition) is 4. The van der Waals surface area contributed by atoms with E-state index in [2.05, 4.69) is 53.6 Å². The Morgan fingerprint density at radius 2 is 1.61 bits per heavy atom. The van der Waals surface area contributed by atoms with Crippen molar-refractivity contribution in [3.63, 3.8) is 0 Å². The van der Waals surface area contributed by atoms with Crippen molar-refractivity contribution in [1.29, 1.82) is 0 Å². The Balaban J connectivity index is 1.43. The number of para-hydroxylation sites is 2. The fourth-order valence-electron chi connectivity index (χ4n) is 3.91. The third kappa shape index (κ3) is 6.31. The molecule has 6 heteroatoms. The number of benzene rings is 2. The highest BCUT2D eigenvalue weighted by Crippen LogP contribution is 2.25. The number of hydrogen-bond donors (Lipinski definition) is 3. The summed E-state index contributed by atoms with van der Waals surface area (Å²) in [5.74, 6) is 0.360. The molecule has 0 spiro atoms. The third-order valence-electron chi connectivity index (χ3n) is 5.97. The Kier molecular flexibility index (Phi) is 7.69. The van der Waals surface area contributed by atoms with Crippen LogP contribution in [0.15, 0.2) is 48.5 Å². The maximum absolute atomic E-state index is 12.5. The summed E-state index contributed by atoms with van der Waals surface area (Å²) in [5, 5.41) is 15.7. The average molecular weight is 424 g/mol. The number of amides is 2. The molecule has 0 saturated carbocycles. The van der Waals surface area contributed by atoms with Gasteiger partial charge in [0.05, 0.1) is 18.3 Å². The van der Waals surface area contributed by atoms with Crippen LogP contribution in [-0.2, 0) is 9.59 Å². The Labute approximate surface area is 184 Å². The second-order valence-electron chi connectivity index (χ2n) is 8.67. The van der Waals surface area contributed by atoms with Crippen molar-refractivity contribution in [3.8, 4) is 5.75 Å². The van der Waals surface area contributed by atoms with Crippen LogP contribution in [0.1, 0.15) is 56.7 Å². The van der Waals surface area contributed by atoms with Crippen LogP contribution in [0.2, 0.25) is 0 Å². The van der Waals surface area contributed by atoms with Gasteiger partial charge in [0.1, 0.15) is 5.75 Å². The second-order valence-corrected chi connectivity index (χ2v) is 8.67. The van der Waals surface area contributed by atoms with Crippen LogP contribution in [0.5, 0.6) is 5.75 Å². The normalized spacial score (nSPS) is 16.1. The first-order valence-corrected chi connectivity index (χ1v) is 11.0. The van der Waals surface area contributed by atoms with Gasteiger partial charge < -0.3 is 15.7 Å². The summed E-state index contributed by atoms with van der Waals surface area (Å²) in [5.41, 5.74) is 2.82. The quantitative estimate of drug-likeness (QED) is 0.587. The molecule has 1 aliphatic heterocycles. The first kappa shape index (κ1) is 22.8. The van der Waals surface area contributed by atoms with Gasteiger partial charge in [0.2, 0.25) is 11.8 Å². The maximum Gasteiger partial charge on any atom is 0.234 e. The van der Waals surface area contributed by atoms with Crippen LogP contribution in [0, 0.1) is 5.92 Å². The lowest BCUT2D eigenvalue weighted by Gasteiger charge is -2.31. The summed E-state index contributed by atoms with van der Waals surface area (Å²) >= 11 is 0. The van der Waals surface area contributed by atoms with E-state index < -0.39 is 0 Å². The molecule has 6 nitrogen and oxygen atoms in total. The van der Waals surface area contributed by atoms with Gasteiger partial charge in [-0.05, 0) is 62.0 Å². The lowest BCUT2D eigenvalue weighted by Crippen LogP contribution is -2.43. The van der Waals surface area contributed by atoms with E-state index in [-0.39, 0.29) is 29.5 Å². The minimum Gasteiger partial charge on any atom is -0.506 e. The molecule has 1 fully saturated rings. The molecule has 1 unspecified atom stereocenters. The molecule has 1 atom stereocenters. The van der Waals surface area contributed by atoms with Crippen LogP contribution in [0.25, 0.3) is 0 Å². The van der Waals surface area contributed by atoms with E-state index in [9.17, 15) is 14.7 Å². The summed E-state index contributed by atoms with van der Waals surface area (Å²) in [6.45, 7) is 8.06. The molecule has 1 saturated heterocycles. The number of phenols is 1. The van der Waals surface area contributed by atoms with Crippen LogP contribution in [0.3, 0.4) is 0 Å². The van der Waals surface area contributed by atoms with Crippen molar-refractivity contribution in [2.24, 2.45) is 5.92 Å². The van der Waals surface area contributed by atoms with Gasteiger partial charge in [-0.3, -0.25) is 14.5 Å². The van der Waals surface area contributed by atoms with Gasteiger partial charge in [-0.1, -0.05) is 50.2 Å². The lowest BCUT2D eigenvalue weighted by atomic mass is 9.95. The Morgan fingerprint density at radius 3 is 2.23 bits per heavy atom. The molecule has 2 aromatic rings. The van der Waals surface area contributed by atoms with Crippen LogP contribution >= 0.6 is 0 Å². The number of anilines is 1. The molecule has 2 amide bonds. The molecule has 166 valence electrons. The predicted molar refractivity (Wildman–Crippen MR) is 123 cm³/mol. The number of phenolic OH excluding ortho intramolecular Hbond substituents is 1. The molecule has 0 aliphatic carbocycles. The number of nitrogens with zero attached hydrogens (tertiary/aromatic N) is 1. The topological polar surface area (TPSA) is 81.7 Å².